The largest absolute Gasteiger partial charge is 0.436 e. The molecule has 0 saturated carbocycles. The lowest BCUT2D eigenvalue weighted by Crippen LogP contribution is -2.70. The number of carbonyl (C=O) groups excluding carboxylic acids is 6. The van der Waals surface area contributed by atoms with Crippen LogP contribution >= 0.6 is 0 Å². The molecule has 6 amide bonds. The van der Waals surface area contributed by atoms with Crippen LogP contribution in [0.2, 0.25) is 0 Å². The molecule has 4 aliphatic rings. The number of nitrogens with one attached hydrogen (secondary N) is 7. The molecule has 15 atom stereocenters. The standard InChI is InChI=1S/C55H65N13O15/c1-25(27-8-4-2-5-9-27)39-49(79)61-32(19-26-12-17-36-31(18-26)63-52(82-36)30-15-13-29(14-16-30)28-10-6-3-7-11-28)48(78)66-40(42(72)33-20-59-54(56)64-33)51(81)67-41(50(80)62-34(23-69)47(77)58-22-38(71)65-39)43(73)35-21-60-55(57)68(35)53-46(76)45(75)44(74)37(24-70)83-53/h2-18,25,32-35,37,39-46,53,69-70,72-76H,19-24H2,1H3,(H2,57,60)(H,58,77)(H,61,79)(H,62,80)(H,65,71)(H,66,78)(H,67,81)(H3,56,59,64)/t25?,32-,33?,34+,35?,37-,39+,40+,41-,42?,43?,44-,45+,46+,53+/m1/s1. The number of rotatable bonds is 13. The van der Waals surface area contributed by atoms with Crippen LogP contribution in [0.1, 0.15) is 24.0 Å². The van der Waals surface area contributed by atoms with Gasteiger partial charge in [0, 0.05) is 17.9 Å². The molecule has 440 valence electrons. The first-order valence-electron chi connectivity index (χ1n) is 26.6. The molecule has 83 heavy (non-hydrogen) atoms. The van der Waals surface area contributed by atoms with Crippen molar-refractivity contribution in [3.63, 3.8) is 0 Å². The zero-order valence-corrected chi connectivity index (χ0v) is 44.6. The van der Waals surface area contributed by atoms with Gasteiger partial charge in [0.1, 0.15) is 72.3 Å². The molecule has 0 aliphatic carbocycles. The summed E-state index contributed by atoms with van der Waals surface area (Å²) in [6.07, 6.45) is -13.6. The Morgan fingerprint density at radius 1 is 0.639 bits per heavy atom. The SMILES string of the molecule is CC(c1ccccc1)[C@@H]1NC(=O)CNC(=O)[C@H](CO)NC(=O)[C@@H](C(O)C2CN=C(N)N2[C@H]2O[C@H](CO)[C@@H](O)[C@H](O)[C@@H]2O)NC(=O)[C@H](C(O)C2CN=C(N)N2)NC(=O)[C@@H](Cc2ccc3oc(-c4ccc(-c5ccccc5)cc4)nc3c2)NC1=O. The molecule has 5 aromatic rings. The van der Waals surface area contributed by atoms with E-state index in [4.69, 9.17) is 25.6 Å². The number of benzene rings is 4. The maximum absolute atomic E-state index is 15.1. The smallest absolute Gasteiger partial charge is 0.246 e. The molecule has 5 heterocycles. The van der Waals surface area contributed by atoms with Gasteiger partial charge in [0.05, 0.1) is 44.9 Å². The molecule has 28 nitrogen and oxygen atoms in total. The molecular weight excluding hydrogens is 1080 g/mol. The van der Waals surface area contributed by atoms with Crippen LogP contribution < -0.4 is 48.7 Å². The number of aliphatic hydroxyl groups is 7. The van der Waals surface area contributed by atoms with Gasteiger partial charge in [0.25, 0.3) is 0 Å². The number of fused-ring (bicyclic) bond motifs is 1. The number of aromatic nitrogens is 1. The van der Waals surface area contributed by atoms with E-state index in [1.54, 1.807) is 55.5 Å². The maximum atomic E-state index is 15.1. The van der Waals surface area contributed by atoms with Crippen LogP contribution in [0, 0.1) is 0 Å². The van der Waals surface area contributed by atoms with E-state index in [1.165, 1.54) is 0 Å². The van der Waals surface area contributed by atoms with E-state index in [2.05, 4.69) is 47.2 Å². The van der Waals surface area contributed by atoms with Gasteiger partial charge in [-0.2, -0.15) is 0 Å². The van der Waals surface area contributed by atoms with Crippen molar-refractivity contribution in [1.29, 1.82) is 0 Å². The van der Waals surface area contributed by atoms with Gasteiger partial charge in [-0.25, -0.2) is 4.98 Å². The number of aliphatic imine (C=N–C) groups is 2. The number of nitrogens with two attached hydrogens (primary N) is 2. The van der Waals surface area contributed by atoms with Crippen molar-refractivity contribution in [2.45, 2.75) is 104 Å². The molecule has 0 spiro atoms. The van der Waals surface area contributed by atoms with E-state index in [-0.39, 0.29) is 24.8 Å². The van der Waals surface area contributed by atoms with Crippen LogP contribution in [0.5, 0.6) is 0 Å². The average molecular weight is 1150 g/mol. The summed E-state index contributed by atoms with van der Waals surface area (Å²) in [5.74, 6) is -7.92. The molecule has 2 saturated heterocycles. The number of aliphatic hydroxyl groups excluding tert-OH is 7. The van der Waals surface area contributed by atoms with Crippen molar-refractivity contribution >= 4 is 58.5 Å². The minimum Gasteiger partial charge on any atom is -0.436 e. The summed E-state index contributed by atoms with van der Waals surface area (Å²) in [7, 11) is 0. The van der Waals surface area contributed by atoms with Crippen LogP contribution in [0.3, 0.4) is 0 Å². The van der Waals surface area contributed by atoms with E-state index in [0.717, 1.165) is 16.0 Å². The van der Waals surface area contributed by atoms with Gasteiger partial charge in [-0.15, -0.1) is 0 Å². The molecule has 4 aliphatic heterocycles. The Kier molecular flexibility index (Phi) is 18.3. The summed E-state index contributed by atoms with van der Waals surface area (Å²) in [4.78, 5) is 101. The Hall–Kier alpha value is -8.61. The summed E-state index contributed by atoms with van der Waals surface area (Å²) in [6.45, 7) is -1.91. The van der Waals surface area contributed by atoms with Gasteiger partial charge in [-0.1, -0.05) is 85.8 Å². The van der Waals surface area contributed by atoms with Gasteiger partial charge in [-0.05, 0) is 46.5 Å². The highest BCUT2D eigenvalue weighted by molar-refractivity contribution is 5.99. The average Bonchev–Trinajstić information content (AvgIpc) is 4.27. The highest BCUT2D eigenvalue weighted by Crippen LogP contribution is 2.31. The predicted molar refractivity (Wildman–Crippen MR) is 295 cm³/mol. The highest BCUT2D eigenvalue weighted by Gasteiger charge is 2.52. The first-order valence-corrected chi connectivity index (χ1v) is 26.6. The Balaban J connectivity index is 1.08. The number of guanidine groups is 2. The Morgan fingerprint density at radius 2 is 1.27 bits per heavy atom. The predicted octanol–water partition coefficient (Wildman–Crippen LogP) is -5.14. The van der Waals surface area contributed by atoms with Crippen molar-refractivity contribution in [1.82, 2.24) is 47.1 Å². The Labute approximate surface area is 473 Å². The topological polar surface area (TPSA) is 443 Å². The number of amides is 6. The second kappa shape index (κ2) is 25.7. The molecule has 9 rings (SSSR count). The third-order valence-corrected chi connectivity index (χ3v) is 15.1. The maximum Gasteiger partial charge on any atom is 0.246 e. The van der Waals surface area contributed by atoms with Gasteiger partial charge in [-0.3, -0.25) is 38.8 Å². The van der Waals surface area contributed by atoms with Crippen molar-refractivity contribution in [2.24, 2.45) is 21.5 Å². The third-order valence-electron chi connectivity index (χ3n) is 15.1. The van der Waals surface area contributed by atoms with E-state index in [0.29, 0.717) is 27.8 Å². The van der Waals surface area contributed by atoms with Gasteiger partial charge in [0.2, 0.25) is 41.3 Å². The summed E-state index contributed by atoms with van der Waals surface area (Å²) in [6, 6.07) is 18.6. The van der Waals surface area contributed by atoms with Gasteiger partial charge in [0.15, 0.2) is 23.7 Å². The fourth-order valence-electron chi connectivity index (χ4n) is 10.4. The van der Waals surface area contributed by atoms with Crippen LogP contribution in [0.15, 0.2) is 118 Å². The number of carbonyl (C=O) groups is 6. The van der Waals surface area contributed by atoms with Gasteiger partial charge >= 0.3 is 0 Å². The Morgan fingerprint density at radius 3 is 1.94 bits per heavy atom. The second-order valence-corrected chi connectivity index (χ2v) is 20.6. The van der Waals surface area contributed by atoms with Crippen molar-refractivity contribution < 1.29 is 73.7 Å². The van der Waals surface area contributed by atoms with Crippen molar-refractivity contribution in [3.05, 3.63) is 114 Å². The number of ether oxygens (including phenoxy) is 1. The number of oxazole rings is 1. The first-order chi connectivity index (χ1) is 39.8. The van der Waals surface area contributed by atoms with E-state index in [1.807, 2.05) is 54.6 Å². The monoisotopic (exact) mass is 1150 g/mol. The van der Waals surface area contributed by atoms with Crippen LogP contribution in [-0.2, 0) is 39.9 Å². The van der Waals surface area contributed by atoms with E-state index >= 15 is 9.59 Å². The Bertz CT molecular complexity index is 3220. The third kappa shape index (κ3) is 13.0. The lowest BCUT2D eigenvalue weighted by molar-refractivity contribution is -0.260. The molecule has 4 aromatic carbocycles. The van der Waals surface area contributed by atoms with Crippen LogP contribution in [0.4, 0.5) is 0 Å². The molecule has 1 aromatic heterocycles. The lowest BCUT2D eigenvalue weighted by atomic mass is 9.92. The fourth-order valence-corrected chi connectivity index (χ4v) is 10.4. The molecule has 0 radical (unpaired) electrons. The van der Waals surface area contributed by atoms with Crippen molar-refractivity contribution in [2.75, 3.05) is 32.8 Å². The summed E-state index contributed by atoms with van der Waals surface area (Å²) < 4.78 is 11.9. The molecule has 5 unspecified atom stereocenters. The highest BCUT2D eigenvalue weighted by atomic mass is 16.6. The van der Waals surface area contributed by atoms with E-state index in [9.17, 15) is 54.9 Å². The van der Waals surface area contributed by atoms with Crippen molar-refractivity contribution in [3.8, 4) is 22.6 Å². The summed E-state index contributed by atoms with van der Waals surface area (Å²) in [5.41, 5.74) is 16.5. The number of nitrogens with zero attached hydrogens (tertiary/aromatic N) is 4. The zero-order chi connectivity index (χ0) is 59.2. The molecule has 28 heteroatoms. The summed E-state index contributed by atoms with van der Waals surface area (Å²) in [5, 5.41) is 94.6. The zero-order valence-electron chi connectivity index (χ0n) is 44.6. The fraction of sp³-hybridized carbons (Fsp3) is 0.400. The minimum absolute atomic E-state index is 0.143. The molecular formula is C55H65N13O15. The minimum atomic E-state index is -2.27. The van der Waals surface area contributed by atoms with Crippen LogP contribution in [-0.4, -0.2) is 211 Å². The molecule has 2 fully saturated rings. The molecule has 18 N–H and O–H groups in total. The summed E-state index contributed by atoms with van der Waals surface area (Å²) >= 11 is 0. The number of hydrogen-bond donors (Lipinski definition) is 16. The normalized spacial score (nSPS) is 28.8. The first kappa shape index (κ1) is 59.0. The van der Waals surface area contributed by atoms with Gasteiger partial charge < -0.3 is 98.5 Å². The molecule has 0 bridgehead atoms. The van der Waals surface area contributed by atoms with Crippen LogP contribution in [0.25, 0.3) is 33.7 Å². The van der Waals surface area contributed by atoms with E-state index < -0.39 is 159 Å². The quantitative estimate of drug-likeness (QED) is 0.0524. The second-order valence-electron chi connectivity index (χ2n) is 20.6. The lowest BCUT2D eigenvalue weighted by Gasteiger charge is -2.46. The number of hydrogen-bond acceptors (Lipinski definition) is 22.